The summed E-state index contributed by atoms with van der Waals surface area (Å²) < 4.78 is 4.87. The quantitative estimate of drug-likeness (QED) is 0.782. The van der Waals surface area contributed by atoms with Crippen molar-refractivity contribution >= 4 is 17.7 Å². The van der Waals surface area contributed by atoms with E-state index < -0.39 is 6.09 Å². The van der Waals surface area contributed by atoms with Crippen LogP contribution in [0.5, 0.6) is 0 Å². The molecule has 0 radical (unpaired) electrons. The number of hydrazine groups is 1. The highest BCUT2D eigenvalue weighted by Gasteiger charge is 2.35. The molecule has 0 spiro atoms. The van der Waals surface area contributed by atoms with Crippen LogP contribution in [0.4, 0.5) is 10.5 Å². The summed E-state index contributed by atoms with van der Waals surface area (Å²) in [6.45, 7) is 2.47. The number of imide groups is 1. The number of benzene rings is 1. The van der Waals surface area contributed by atoms with E-state index in [0.29, 0.717) is 13.0 Å². The number of carbonyl (C=O) groups excluding carboxylic acids is 2. The number of anilines is 1. The molecule has 17 heavy (non-hydrogen) atoms. The maximum absolute atomic E-state index is 11.7. The highest BCUT2D eigenvalue weighted by Crippen LogP contribution is 2.22. The lowest BCUT2D eigenvalue weighted by molar-refractivity contribution is -0.126. The van der Waals surface area contributed by atoms with Crippen molar-refractivity contribution in [1.82, 2.24) is 5.01 Å². The van der Waals surface area contributed by atoms with Gasteiger partial charge in [-0.05, 0) is 19.1 Å². The summed E-state index contributed by atoms with van der Waals surface area (Å²) in [6, 6.07) is 9.31. The van der Waals surface area contributed by atoms with Crippen molar-refractivity contribution in [2.45, 2.75) is 13.3 Å². The van der Waals surface area contributed by atoms with Gasteiger partial charge in [-0.25, -0.2) is 4.79 Å². The van der Waals surface area contributed by atoms with Gasteiger partial charge in [0.2, 0.25) is 0 Å². The summed E-state index contributed by atoms with van der Waals surface area (Å²) in [7, 11) is 0. The predicted molar refractivity (Wildman–Crippen MR) is 62.3 cm³/mol. The van der Waals surface area contributed by atoms with E-state index >= 15 is 0 Å². The zero-order valence-electron chi connectivity index (χ0n) is 9.63. The molecule has 2 rings (SSSR count). The maximum atomic E-state index is 11.7. The molecule has 5 nitrogen and oxygen atoms in total. The molecule has 1 aromatic rings. The van der Waals surface area contributed by atoms with Gasteiger partial charge in [0.05, 0.1) is 12.3 Å². The average Bonchev–Trinajstić information content (AvgIpc) is 2.73. The van der Waals surface area contributed by atoms with Crippen LogP contribution in [0.1, 0.15) is 13.3 Å². The number of carbonyl (C=O) groups is 2. The maximum Gasteiger partial charge on any atom is 0.436 e. The topological polar surface area (TPSA) is 49.9 Å². The zero-order valence-corrected chi connectivity index (χ0v) is 9.63. The van der Waals surface area contributed by atoms with E-state index in [1.165, 1.54) is 0 Å². The number of nitrogens with zero attached hydrogens (tertiary/aromatic N) is 2. The first-order valence-electron chi connectivity index (χ1n) is 5.56. The van der Waals surface area contributed by atoms with Crippen LogP contribution in [0, 0.1) is 0 Å². The van der Waals surface area contributed by atoms with E-state index in [4.69, 9.17) is 4.74 Å². The fourth-order valence-corrected chi connectivity index (χ4v) is 1.77. The molecule has 0 aliphatic carbocycles. The van der Waals surface area contributed by atoms with Crippen LogP contribution in [-0.4, -0.2) is 30.2 Å². The van der Waals surface area contributed by atoms with Gasteiger partial charge in [-0.1, -0.05) is 18.2 Å². The third kappa shape index (κ3) is 2.22. The Balaban J connectivity index is 2.22. The molecule has 0 saturated carbocycles. The first kappa shape index (κ1) is 11.4. The largest absolute Gasteiger partial charge is 0.448 e. The molecule has 5 heteroatoms. The summed E-state index contributed by atoms with van der Waals surface area (Å²) in [5, 5.41) is 2.71. The third-order valence-corrected chi connectivity index (χ3v) is 2.51. The molecule has 1 fully saturated rings. The molecule has 0 bridgehead atoms. The number of ether oxygens (including phenoxy) is 1. The van der Waals surface area contributed by atoms with Crippen LogP contribution in [-0.2, 0) is 9.53 Å². The normalized spacial score (nSPS) is 15.2. The molecule has 1 aromatic carbocycles. The van der Waals surface area contributed by atoms with E-state index in [0.717, 1.165) is 10.7 Å². The van der Waals surface area contributed by atoms with Crippen LogP contribution < -0.4 is 5.01 Å². The van der Waals surface area contributed by atoms with Crippen LogP contribution >= 0.6 is 0 Å². The Labute approximate surface area is 99.5 Å². The van der Waals surface area contributed by atoms with Crippen molar-refractivity contribution < 1.29 is 14.3 Å². The molecule has 0 N–H and O–H groups in total. The van der Waals surface area contributed by atoms with Gasteiger partial charge in [0.25, 0.3) is 5.91 Å². The van der Waals surface area contributed by atoms with Crippen molar-refractivity contribution in [3.8, 4) is 0 Å². The Morgan fingerprint density at radius 3 is 2.71 bits per heavy atom. The molecule has 0 atom stereocenters. The second-order valence-corrected chi connectivity index (χ2v) is 3.61. The number of amides is 2. The minimum Gasteiger partial charge on any atom is -0.448 e. The van der Waals surface area contributed by atoms with Gasteiger partial charge in [0.15, 0.2) is 0 Å². The predicted octanol–water partition coefficient (Wildman–Crippen LogP) is 1.80. The van der Waals surface area contributed by atoms with Gasteiger partial charge >= 0.3 is 6.09 Å². The summed E-state index contributed by atoms with van der Waals surface area (Å²) >= 11 is 0. The van der Waals surface area contributed by atoms with Crippen molar-refractivity contribution in [2.75, 3.05) is 18.2 Å². The van der Waals surface area contributed by atoms with Crippen LogP contribution in [0.2, 0.25) is 0 Å². The molecule has 2 amide bonds. The van der Waals surface area contributed by atoms with Crippen molar-refractivity contribution in [1.29, 1.82) is 0 Å². The van der Waals surface area contributed by atoms with Gasteiger partial charge in [-0.3, -0.25) is 9.80 Å². The second-order valence-electron chi connectivity index (χ2n) is 3.61. The first-order valence-corrected chi connectivity index (χ1v) is 5.56. The molecule has 0 unspecified atom stereocenters. The SMILES string of the molecule is CCOC(=O)N1C(=O)CCN1c1ccccc1. The number of hydrogen-bond acceptors (Lipinski definition) is 4. The Bertz CT molecular complexity index is 419. The minimum atomic E-state index is -0.612. The van der Waals surface area contributed by atoms with Crippen molar-refractivity contribution in [3.63, 3.8) is 0 Å². The van der Waals surface area contributed by atoms with Crippen molar-refractivity contribution in [3.05, 3.63) is 30.3 Å². The standard InChI is InChI=1S/C12H14N2O3/c1-2-17-12(16)14-11(15)8-9-13(14)10-6-4-3-5-7-10/h3-7H,2,8-9H2,1H3. The van der Waals surface area contributed by atoms with Crippen molar-refractivity contribution in [2.24, 2.45) is 0 Å². The summed E-state index contributed by atoms with van der Waals surface area (Å²) in [5.41, 5.74) is 0.811. The first-order chi connectivity index (χ1) is 8.24. The molecular formula is C12H14N2O3. The van der Waals surface area contributed by atoms with E-state index in [9.17, 15) is 9.59 Å². The van der Waals surface area contributed by atoms with Gasteiger partial charge in [0, 0.05) is 13.0 Å². The highest BCUT2D eigenvalue weighted by molar-refractivity contribution is 5.96. The molecule has 1 aliphatic rings. The smallest absolute Gasteiger partial charge is 0.436 e. The van der Waals surface area contributed by atoms with Crippen LogP contribution in [0.15, 0.2) is 30.3 Å². The Kier molecular flexibility index (Phi) is 3.27. The Hall–Kier alpha value is -2.04. The minimum absolute atomic E-state index is 0.229. The van der Waals surface area contributed by atoms with Crippen LogP contribution in [0.25, 0.3) is 0 Å². The fraction of sp³-hybridized carbons (Fsp3) is 0.333. The lowest BCUT2D eigenvalue weighted by atomic mass is 10.3. The fourth-order valence-electron chi connectivity index (χ4n) is 1.77. The third-order valence-electron chi connectivity index (χ3n) is 2.51. The van der Waals surface area contributed by atoms with E-state index in [-0.39, 0.29) is 12.5 Å². The van der Waals surface area contributed by atoms with E-state index in [1.807, 2.05) is 30.3 Å². The molecule has 1 heterocycles. The lowest BCUT2D eigenvalue weighted by Crippen LogP contribution is -2.44. The van der Waals surface area contributed by atoms with E-state index in [2.05, 4.69) is 0 Å². The average molecular weight is 234 g/mol. The zero-order chi connectivity index (χ0) is 12.3. The number of para-hydroxylation sites is 1. The summed E-state index contributed by atoms with van der Waals surface area (Å²) in [4.78, 5) is 23.3. The van der Waals surface area contributed by atoms with Gasteiger partial charge in [-0.15, -0.1) is 0 Å². The molecular weight excluding hydrogens is 220 g/mol. The Morgan fingerprint density at radius 2 is 2.06 bits per heavy atom. The Morgan fingerprint density at radius 1 is 1.35 bits per heavy atom. The number of hydrogen-bond donors (Lipinski definition) is 0. The summed E-state index contributed by atoms with van der Waals surface area (Å²) in [5.74, 6) is -0.229. The highest BCUT2D eigenvalue weighted by atomic mass is 16.6. The number of rotatable bonds is 2. The monoisotopic (exact) mass is 234 g/mol. The van der Waals surface area contributed by atoms with E-state index in [1.54, 1.807) is 11.9 Å². The lowest BCUT2D eigenvalue weighted by Gasteiger charge is -2.26. The molecule has 90 valence electrons. The van der Waals surface area contributed by atoms with Gasteiger partial charge < -0.3 is 4.74 Å². The second kappa shape index (κ2) is 4.86. The molecule has 1 aliphatic heterocycles. The molecule has 0 aromatic heterocycles. The summed E-state index contributed by atoms with van der Waals surface area (Å²) in [6.07, 6.45) is -0.285. The molecule has 1 saturated heterocycles. The van der Waals surface area contributed by atoms with Gasteiger partial charge in [0.1, 0.15) is 0 Å². The van der Waals surface area contributed by atoms with Crippen LogP contribution in [0.3, 0.4) is 0 Å². The van der Waals surface area contributed by atoms with Gasteiger partial charge in [-0.2, -0.15) is 5.01 Å².